The van der Waals surface area contributed by atoms with Crippen molar-refractivity contribution in [2.24, 2.45) is 0 Å². The fourth-order valence-electron chi connectivity index (χ4n) is 1.48. The minimum Gasteiger partial charge on any atom is -0.396 e. The van der Waals surface area contributed by atoms with Crippen LogP contribution in [-0.4, -0.2) is 22.5 Å². The maximum atomic E-state index is 5.86. The molecule has 0 saturated heterocycles. The van der Waals surface area contributed by atoms with Gasteiger partial charge >= 0.3 is 9.28 Å². The van der Waals surface area contributed by atoms with Gasteiger partial charge in [0.25, 0.3) is 0 Å². The third kappa shape index (κ3) is 6.22. The zero-order chi connectivity index (χ0) is 12.5. The van der Waals surface area contributed by atoms with Gasteiger partial charge in [0.05, 0.1) is 0 Å². The van der Waals surface area contributed by atoms with E-state index in [9.17, 15) is 0 Å². The molecule has 96 valence electrons. The van der Waals surface area contributed by atoms with Crippen LogP contribution in [0.4, 0.5) is 0 Å². The third-order valence-electron chi connectivity index (χ3n) is 2.33. The number of halogens is 1. The zero-order valence-corrected chi connectivity index (χ0v) is 12.5. The first-order chi connectivity index (χ1) is 8.26. The summed E-state index contributed by atoms with van der Waals surface area (Å²) >= 11 is 5.86. The van der Waals surface area contributed by atoms with Crippen molar-refractivity contribution in [2.45, 2.75) is 32.7 Å². The molecule has 0 N–H and O–H groups in total. The largest absolute Gasteiger partial charge is 0.396 e. The second-order valence-electron chi connectivity index (χ2n) is 4.00. The van der Waals surface area contributed by atoms with Crippen LogP contribution in [0.25, 0.3) is 0 Å². The van der Waals surface area contributed by atoms with Crippen LogP contribution in [0.2, 0.25) is 5.02 Å². The summed E-state index contributed by atoms with van der Waals surface area (Å²) in [4.78, 5) is 0. The molecule has 0 saturated carbocycles. The maximum Gasteiger partial charge on any atom is 0.325 e. The lowest BCUT2D eigenvalue weighted by Crippen LogP contribution is -2.27. The Balaban J connectivity index is 2.48. The van der Waals surface area contributed by atoms with Gasteiger partial charge in [-0.25, -0.2) is 0 Å². The van der Waals surface area contributed by atoms with Crippen LogP contribution in [0.15, 0.2) is 24.3 Å². The van der Waals surface area contributed by atoms with Gasteiger partial charge in [-0.1, -0.05) is 37.6 Å². The molecule has 0 heterocycles. The van der Waals surface area contributed by atoms with E-state index in [1.54, 1.807) is 0 Å². The van der Waals surface area contributed by atoms with E-state index in [0.29, 0.717) is 0 Å². The van der Waals surface area contributed by atoms with E-state index in [0.717, 1.165) is 37.1 Å². The molecule has 17 heavy (non-hydrogen) atoms. The maximum absolute atomic E-state index is 5.86. The molecule has 0 aromatic heterocycles. The van der Waals surface area contributed by atoms with Crippen LogP contribution < -0.4 is 0 Å². The highest BCUT2D eigenvalue weighted by molar-refractivity contribution is 6.43. The topological polar surface area (TPSA) is 18.5 Å². The molecule has 0 amide bonds. The van der Waals surface area contributed by atoms with Crippen LogP contribution in [0.1, 0.15) is 32.3 Å². The predicted octanol–water partition coefficient (Wildman–Crippen LogP) is 3.50. The van der Waals surface area contributed by atoms with Crippen LogP contribution in [0.3, 0.4) is 0 Å². The van der Waals surface area contributed by atoms with Crippen LogP contribution in [0.5, 0.6) is 0 Å². The van der Waals surface area contributed by atoms with Crippen molar-refractivity contribution in [3.8, 4) is 0 Å². The minimum absolute atomic E-state index is 0.774. The summed E-state index contributed by atoms with van der Waals surface area (Å²) in [5.41, 5.74) is 1.25. The second-order valence-corrected chi connectivity index (χ2v) is 6.37. The number of hydrogen-bond donors (Lipinski definition) is 0. The summed E-state index contributed by atoms with van der Waals surface area (Å²) < 4.78 is 11.6. The molecular weight excluding hydrogens is 252 g/mol. The highest BCUT2D eigenvalue weighted by atomic mass is 35.5. The van der Waals surface area contributed by atoms with Crippen molar-refractivity contribution >= 4 is 20.9 Å². The zero-order valence-electron chi connectivity index (χ0n) is 10.6. The van der Waals surface area contributed by atoms with E-state index in [4.69, 9.17) is 20.5 Å². The molecule has 0 radical (unpaired) electrons. The lowest BCUT2D eigenvalue weighted by Gasteiger charge is -2.16. The molecule has 0 unspecified atom stereocenters. The molecular formula is C13H21ClO2Si. The Morgan fingerprint density at radius 3 is 2.00 bits per heavy atom. The molecule has 2 nitrogen and oxygen atoms in total. The summed E-state index contributed by atoms with van der Waals surface area (Å²) in [6, 6.07) is 8.85. The van der Waals surface area contributed by atoms with E-state index in [1.165, 1.54) is 5.56 Å². The Bertz CT molecular complexity index is 295. The van der Waals surface area contributed by atoms with Crippen LogP contribution >= 0.6 is 11.6 Å². The van der Waals surface area contributed by atoms with Gasteiger partial charge in [-0.3, -0.25) is 0 Å². The molecule has 0 spiro atoms. The minimum atomic E-state index is -1.55. The van der Waals surface area contributed by atoms with Crippen molar-refractivity contribution in [2.75, 3.05) is 13.2 Å². The van der Waals surface area contributed by atoms with Gasteiger partial charge in [-0.05, 0) is 30.5 Å². The van der Waals surface area contributed by atoms with Gasteiger partial charge in [0.1, 0.15) is 0 Å². The molecule has 0 aliphatic carbocycles. The molecule has 0 atom stereocenters. The van der Waals surface area contributed by atoms with Gasteiger partial charge in [0.2, 0.25) is 0 Å². The van der Waals surface area contributed by atoms with Gasteiger partial charge in [0, 0.05) is 24.3 Å². The highest BCUT2D eigenvalue weighted by Gasteiger charge is 2.13. The fraction of sp³-hybridized carbons (Fsp3) is 0.538. The number of benzene rings is 1. The molecule has 1 rings (SSSR count). The highest BCUT2D eigenvalue weighted by Crippen LogP contribution is 2.11. The summed E-state index contributed by atoms with van der Waals surface area (Å²) in [7, 11) is -1.55. The second kappa shape index (κ2) is 8.70. The summed E-state index contributed by atoms with van der Waals surface area (Å²) in [5.74, 6) is 0. The van der Waals surface area contributed by atoms with Gasteiger partial charge < -0.3 is 8.85 Å². The Morgan fingerprint density at radius 2 is 1.53 bits per heavy atom. The van der Waals surface area contributed by atoms with E-state index >= 15 is 0 Å². The first kappa shape index (κ1) is 14.7. The van der Waals surface area contributed by atoms with E-state index in [-0.39, 0.29) is 0 Å². The van der Waals surface area contributed by atoms with E-state index < -0.39 is 9.28 Å². The molecule has 0 aliphatic rings. The molecule has 1 aromatic carbocycles. The van der Waals surface area contributed by atoms with E-state index in [2.05, 4.69) is 13.8 Å². The number of rotatable bonds is 8. The number of hydrogen-bond acceptors (Lipinski definition) is 2. The Labute approximate surface area is 111 Å². The SMILES string of the molecule is CCCO[SiH](Cc1ccc(Cl)cc1)OCCC. The molecule has 0 fully saturated rings. The van der Waals surface area contributed by atoms with Gasteiger partial charge in [-0.2, -0.15) is 0 Å². The Hall–Kier alpha value is -0.353. The Kier molecular flexibility index (Phi) is 7.52. The monoisotopic (exact) mass is 272 g/mol. The Morgan fingerprint density at radius 1 is 1.00 bits per heavy atom. The summed E-state index contributed by atoms with van der Waals surface area (Å²) in [6.45, 7) is 5.84. The predicted molar refractivity (Wildman–Crippen MR) is 74.8 cm³/mol. The first-order valence-corrected chi connectivity index (χ1v) is 8.37. The molecule has 0 aliphatic heterocycles. The van der Waals surface area contributed by atoms with Crippen molar-refractivity contribution in [3.63, 3.8) is 0 Å². The van der Waals surface area contributed by atoms with Gasteiger partial charge in [0.15, 0.2) is 0 Å². The van der Waals surface area contributed by atoms with E-state index in [1.807, 2.05) is 24.3 Å². The molecule has 4 heteroatoms. The fourth-order valence-corrected chi connectivity index (χ4v) is 3.59. The standard InChI is InChI=1S/C13H21ClO2Si/c1-3-9-15-17(16-10-4-2)11-12-5-7-13(14)8-6-12/h5-8,17H,3-4,9-11H2,1-2H3. The third-order valence-corrected chi connectivity index (χ3v) is 4.60. The average molecular weight is 273 g/mol. The van der Waals surface area contributed by atoms with Crippen molar-refractivity contribution in [1.29, 1.82) is 0 Å². The lowest BCUT2D eigenvalue weighted by atomic mass is 10.2. The molecule has 1 aromatic rings. The van der Waals surface area contributed by atoms with Crippen LogP contribution in [-0.2, 0) is 14.9 Å². The smallest absolute Gasteiger partial charge is 0.325 e. The molecule has 0 bridgehead atoms. The average Bonchev–Trinajstić information content (AvgIpc) is 2.35. The van der Waals surface area contributed by atoms with Gasteiger partial charge in [-0.15, -0.1) is 0 Å². The van der Waals surface area contributed by atoms with Crippen molar-refractivity contribution in [1.82, 2.24) is 0 Å². The normalized spacial score (nSPS) is 11.1. The van der Waals surface area contributed by atoms with Crippen molar-refractivity contribution in [3.05, 3.63) is 34.9 Å². The summed E-state index contributed by atoms with van der Waals surface area (Å²) in [5, 5.41) is 0.774. The lowest BCUT2D eigenvalue weighted by molar-refractivity contribution is 0.196. The quantitative estimate of drug-likeness (QED) is 0.675. The van der Waals surface area contributed by atoms with Crippen molar-refractivity contribution < 1.29 is 8.85 Å². The summed E-state index contributed by atoms with van der Waals surface area (Å²) in [6.07, 6.45) is 2.08. The van der Waals surface area contributed by atoms with Crippen LogP contribution in [0, 0.1) is 0 Å². The first-order valence-electron chi connectivity index (χ1n) is 6.24.